The lowest BCUT2D eigenvalue weighted by atomic mass is 9.94. The van der Waals surface area contributed by atoms with Gasteiger partial charge in [-0.3, -0.25) is 0 Å². The van der Waals surface area contributed by atoms with Crippen LogP contribution in [0.2, 0.25) is 0 Å². The van der Waals surface area contributed by atoms with Crippen molar-refractivity contribution >= 4 is 0 Å². The van der Waals surface area contributed by atoms with E-state index >= 15 is 0 Å². The third-order valence-electron chi connectivity index (χ3n) is 3.18. The summed E-state index contributed by atoms with van der Waals surface area (Å²) in [6.45, 7) is 4.22. The van der Waals surface area contributed by atoms with E-state index in [1.807, 2.05) is 13.1 Å². The van der Waals surface area contributed by atoms with Crippen LogP contribution in [0.3, 0.4) is 0 Å². The molecule has 0 fully saturated rings. The van der Waals surface area contributed by atoms with E-state index in [-0.39, 0.29) is 11.8 Å². The fraction of sp³-hybridized carbons (Fsp3) is 0.571. The van der Waals surface area contributed by atoms with Crippen molar-refractivity contribution in [2.45, 2.75) is 39.1 Å². The molecule has 2 atom stereocenters. The topological polar surface area (TPSA) is 21.3 Å². The maximum absolute atomic E-state index is 12.2. The van der Waals surface area contributed by atoms with Gasteiger partial charge in [0.25, 0.3) is 0 Å². The molecule has 2 nitrogen and oxygen atoms in total. The van der Waals surface area contributed by atoms with Crippen LogP contribution < -0.4 is 10.1 Å². The monoisotopic (exact) mass is 275 g/mol. The Labute approximate surface area is 112 Å². The van der Waals surface area contributed by atoms with Gasteiger partial charge in [0, 0.05) is 6.04 Å². The normalized spacial score (nSPS) is 15.1. The van der Waals surface area contributed by atoms with Crippen molar-refractivity contribution in [3.63, 3.8) is 0 Å². The van der Waals surface area contributed by atoms with Gasteiger partial charge in [-0.15, -0.1) is 13.2 Å². The third kappa shape index (κ3) is 5.51. The number of hydrogen-bond acceptors (Lipinski definition) is 2. The summed E-state index contributed by atoms with van der Waals surface area (Å²) in [6.07, 6.45) is -2.73. The molecule has 1 aromatic carbocycles. The molecule has 0 aliphatic rings. The first-order chi connectivity index (χ1) is 8.85. The van der Waals surface area contributed by atoms with Crippen molar-refractivity contribution in [1.82, 2.24) is 5.32 Å². The average Bonchev–Trinajstić information content (AvgIpc) is 2.33. The quantitative estimate of drug-likeness (QED) is 0.836. The molecule has 0 saturated heterocycles. The van der Waals surface area contributed by atoms with Crippen LogP contribution >= 0.6 is 0 Å². The van der Waals surface area contributed by atoms with E-state index < -0.39 is 6.36 Å². The molecule has 19 heavy (non-hydrogen) atoms. The molecule has 0 radical (unpaired) electrons. The Kier molecular flexibility index (Phi) is 5.66. The maximum atomic E-state index is 12.2. The minimum atomic E-state index is -4.65. The minimum absolute atomic E-state index is 0.0340. The Hall–Kier alpha value is -1.23. The highest BCUT2D eigenvalue weighted by Gasteiger charge is 2.31. The fourth-order valence-electron chi connectivity index (χ4n) is 1.92. The molecule has 2 unspecified atom stereocenters. The Morgan fingerprint density at radius 2 is 2.00 bits per heavy atom. The highest BCUT2D eigenvalue weighted by Crippen LogP contribution is 2.28. The SMILES string of the molecule is CCC(C)CC(NC)c1cccc(OC(F)(F)F)c1. The summed E-state index contributed by atoms with van der Waals surface area (Å²) in [5.41, 5.74) is 0.810. The fourth-order valence-corrected chi connectivity index (χ4v) is 1.92. The summed E-state index contributed by atoms with van der Waals surface area (Å²) in [6, 6.07) is 6.18. The number of halogens is 3. The summed E-state index contributed by atoms with van der Waals surface area (Å²) in [4.78, 5) is 0. The van der Waals surface area contributed by atoms with Crippen LogP contribution in [0.5, 0.6) is 5.75 Å². The van der Waals surface area contributed by atoms with Crippen molar-refractivity contribution in [3.8, 4) is 5.75 Å². The lowest BCUT2D eigenvalue weighted by molar-refractivity contribution is -0.274. The highest BCUT2D eigenvalue weighted by molar-refractivity contribution is 5.30. The molecule has 0 aromatic heterocycles. The Morgan fingerprint density at radius 3 is 2.53 bits per heavy atom. The van der Waals surface area contributed by atoms with Crippen LogP contribution in [0.1, 0.15) is 38.3 Å². The second-order valence-electron chi connectivity index (χ2n) is 4.71. The van der Waals surface area contributed by atoms with E-state index in [1.54, 1.807) is 6.07 Å². The Balaban J connectivity index is 2.84. The lowest BCUT2D eigenvalue weighted by Gasteiger charge is -2.21. The van der Waals surface area contributed by atoms with Crippen LogP contribution in [0.25, 0.3) is 0 Å². The summed E-state index contributed by atoms with van der Waals surface area (Å²) in [7, 11) is 1.81. The number of benzene rings is 1. The van der Waals surface area contributed by atoms with E-state index in [4.69, 9.17) is 0 Å². The first-order valence-corrected chi connectivity index (χ1v) is 6.38. The van der Waals surface area contributed by atoms with E-state index in [0.717, 1.165) is 18.4 Å². The van der Waals surface area contributed by atoms with Crippen molar-refractivity contribution < 1.29 is 17.9 Å². The van der Waals surface area contributed by atoms with Crippen molar-refractivity contribution in [2.24, 2.45) is 5.92 Å². The number of ether oxygens (including phenoxy) is 1. The number of rotatable bonds is 6. The molecule has 0 bridgehead atoms. The lowest BCUT2D eigenvalue weighted by Crippen LogP contribution is -2.20. The second kappa shape index (κ2) is 6.80. The molecule has 108 valence electrons. The predicted octanol–water partition coefficient (Wildman–Crippen LogP) is 4.28. The maximum Gasteiger partial charge on any atom is 0.573 e. The molecule has 0 aliphatic heterocycles. The van der Waals surface area contributed by atoms with Crippen LogP contribution in [-0.4, -0.2) is 13.4 Å². The summed E-state index contributed by atoms with van der Waals surface area (Å²) in [5, 5.41) is 3.14. The molecule has 1 N–H and O–H groups in total. The molecule has 5 heteroatoms. The zero-order valence-corrected chi connectivity index (χ0v) is 11.4. The van der Waals surface area contributed by atoms with Crippen molar-refractivity contribution in [2.75, 3.05) is 7.05 Å². The van der Waals surface area contributed by atoms with Gasteiger partial charge in [-0.05, 0) is 37.1 Å². The largest absolute Gasteiger partial charge is 0.573 e. The Morgan fingerprint density at radius 1 is 1.32 bits per heavy atom. The molecule has 0 amide bonds. The van der Waals surface area contributed by atoms with Crippen molar-refractivity contribution in [1.29, 1.82) is 0 Å². The first kappa shape index (κ1) is 15.8. The molecule has 0 spiro atoms. The van der Waals surface area contributed by atoms with Gasteiger partial charge in [-0.1, -0.05) is 32.4 Å². The first-order valence-electron chi connectivity index (χ1n) is 6.38. The van der Waals surface area contributed by atoms with Gasteiger partial charge in [-0.25, -0.2) is 0 Å². The van der Waals surface area contributed by atoms with Gasteiger partial charge in [0.15, 0.2) is 0 Å². The Bertz CT molecular complexity index is 393. The molecule has 0 aliphatic carbocycles. The zero-order chi connectivity index (χ0) is 14.5. The number of alkyl halides is 3. The number of nitrogens with one attached hydrogen (secondary N) is 1. The van der Waals surface area contributed by atoms with Crippen LogP contribution in [-0.2, 0) is 0 Å². The average molecular weight is 275 g/mol. The molecular formula is C14H20F3NO. The molecular weight excluding hydrogens is 255 g/mol. The summed E-state index contributed by atoms with van der Waals surface area (Å²) < 4.78 is 40.5. The van der Waals surface area contributed by atoms with Gasteiger partial charge in [0.05, 0.1) is 0 Å². The van der Waals surface area contributed by atoms with Gasteiger partial charge in [0.1, 0.15) is 5.75 Å². The second-order valence-corrected chi connectivity index (χ2v) is 4.71. The predicted molar refractivity (Wildman–Crippen MR) is 69.0 cm³/mol. The molecule has 0 heterocycles. The van der Waals surface area contributed by atoms with Crippen LogP contribution in [0, 0.1) is 5.92 Å². The van der Waals surface area contributed by atoms with Gasteiger partial charge < -0.3 is 10.1 Å². The van der Waals surface area contributed by atoms with Crippen LogP contribution in [0.15, 0.2) is 24.3 Å². The molecule has 0 saturated carbocycles. The van der Waals surface area contributed by atoms with E-state index in [2.05, 4.69) is 23.9 Å². The zero-order valence-electron chi connectivity index (χ0n) is 11.4. The number of hydrogen-bond donors (Lipinski definition) is 1. The van der Waals surface area contributed by atoms with Gasteiger partial charge in [-0.2, -0.15) is 0 Å². The molecule has 1 aromatic rings. The third-order valence-corrected chi connectivity index (χ3v) is 3.18. The smallest absolute Gasteiger partial charge is 0.406 e. The standard InChI is InChI=1S/C14H20F3NO/c1-4-10(2)8-13(18-3)11-6-5-7-12(9-11)19-14(15,16)17/h5-7,9-10,13,18H,4,8H2,1-3H3. The van der Waals surface area contributed by atoms with Crippen molar-refractivity contribution in [3.05, 3.63) is 29.8 Å². The highest BCUT2D eigenvalue weighted by atomic mass is 19.4. The van der Waals surface area contributed by atoms with E-state index in [0.29, 0.717) is 5.92 Å². The van der Waals surface area contributed by atoms with E-state index in [9.17, 15) is 13.2 Å². The summed E-state index contributed by atoms with van der Waals surface area (Å²) >= 11 is 0. The molecule has 1 rings (SSSR count). The van der Waals surface area contributed by atoms with E-state index in [1.165, 1.54) is 12.1 Å². The minimum Gasteiger partial charge on any atom is -0.406 e. The van der Waals surface area contributed by atoms with Crippen LogP contribution in [0.4, 0.5) is 13.2 Å². The van der Waals surface area contributed by atoms with Gasteiger partial charge in [0.2, 0.25) is 0 Å². The summed E-state index contributed by atoms with van der Waals surface area (Å²) in [5.74, 6) is 0.332. The van der Waals surface area contributed by atoms with Gasteiger partial charge >= 0.3 is 6.36 Å².